The molecule has 0 saturated carbocycles. The molecule has 1 fully saturated rings. The summed E-state index contributed by atoms with van der Waals surface area (Å²) in [6, 6.07) is -0.485. The SMILES string of the molecule is CC(C)(C)OC(=O)N1C[C@H](OS(C)(=O)=O)C[C@@H]1CO. The van der Waals surface area contributed by atoms with E-state index in [-0.39, 0.29) is 19.6 Å². The maximum absolute atomic E-state index is 11.9. The lowest BCUT2D eigenvalue weighted by Crippen LogP contribution is -2.41. The summed E-state index contributed by atoms with van der Waals surface area (Å²) in [6.07, 6.45) is 0.00529. The number of likely N-dealkylation sites (tertiary alicyclic amines) is 1. The number of hydrogen-bond acceptors (Lipinski definition) is 6. The van der Waals surface area contributed by atoms with E-state index in [1.165, 1.54) is 4.90 Å². The molecule has 0 aliphatic carbocycles. The maximum Gasteiger partial charge on any atom is 0.410 e. The van der Waals surface area contributed by atoms with E-state index in [9.17, 15) is 18.3 Å². The molecular weight excluding hydrogens is 274 g/mol. The molecule has 0 aromatic rings. The second-order valence-corrected chi connectivity index (χ2v) is 7.23. The average Bonchev–Trinajstić information content (AvgIpc) is 2.55. The molecule has 8 heteroatoms. The number of hydrogen-bond donors (Lipinski definition) is 1. The van der Waals surface area contributed by atoms with Crippen LogP contribution in [-0.2, 0) is 19.0 Å². The van der Waals surface area contributed by atoms with Crippen molar-refractivity contribution in [2.45, 2.75) is 44.9 Å². The summed E-state index contributed by atoms with van der Waals surface area (Å²) in [4.78, 5) is 13.2. The number of ether oxygens (including phenoxy) is 1. The van der Waals surface area contributed by atoms with Crippen molar-refractivity contribution in [1.82, 2.24) is 4.90 Å². The summed E-state index contributed by atoms with van der Waals surface area (Å²) in [7, 11) is -3.58. The Balaban J connectivity index is 2.70. The molecule has 19 heavy (non-hydrogen) atoms. The van der Waals surface area contributed by atoms with Crippen LogP contribution in [0.1, 0.15) is 27.2 Å². The van der Waals surface area contributed by atoms with E-state index in [1.807, 2.05) is 0 Å². The first-order chi connectivity index (χ1) is 8.52. The Morgan fingerprint density at radius 3 is 2.42 bits per heavy atom. The van der Waals surface area contributed by atoms with Gasteiger partial charge in [0.05, 0.1) is 31.6 Å². The Hall–Kier alpha value is -0.860. The topological polar surface area (TPSA) is 93.1 Å². The Labute approximate surface area is 113 Å². The highest BCUT2D eigenvalue weighted by Gasteiger charge is 2.39. The van der Waals surface area contributed by atoms with Crippen molar-refractivity contribution in [3.63, 3.8) is 0 Å². The van der Waals surface area contributed by atoms with Crippen LogP contribution >= 0.6 is 0 Å². The highest BCUT2D eigenvalue weighted by molar-refractivity contribution is 7.86. The van der Waals surface area contributed by atoms with Crippen molar-refractivity contribution in [2.75, 3.05) is 19.4 Å². The molecule has 1 heterocycles. The van der Waals surface area contributed by atoms with Gasteiger partial charge >= 0.3 is 6.09 Å². The standard InChI is InChI=1S/C11H21NO6S/c1-11(2,3)17-10(14)12-6-9(5-8(12)7-13)18-19(4,15)16/h8-9,13H,5-7H2,1-4H3/t8-,9-/m1/s1. The molecule has 2 atom stereocenters. The van der Waals surface area contributed by atoms with Gasteiger partial charge in [-0.2, -0.15) is 8.42 Å². The van der Waals surface area contributed by atoms with Crippen LogP contribution in [0, 0.1) is 0 Å². The van der Waals surface area contributed by atoms with E-state index in [1.54, 1.807) is 20.8 Å². The molecule has 0 unspecified atom stereocenters. The molecule has 0 aromatic heterocycles. The Morgan fingerprint density at radius 2 is 2.00 bits per heavy atom. The molecule has 1 rings (SSSR count). The summed E-state index contributed by atoms with van der Waals surface area (Å²) in [5.74, 6) is 0. The van der Waals surface area contributed by atoms with Crippen LogP contribution in [0.2, 0.25) is 0 Å². The van der Waals surface area contributed by atoms with E-state index in [0.717, 1.165) is 6.26 Å². The van der Waals surface area contributed by atoms with Gasteiger partial charge in [0.25, 0.3) is 10.1 Å². The molecular formula is C11H21NO6S. The van der Waals surface area contributed by atoms with Crippen LogP contribution in [0.4, 0.5) is 4.79 Å². The van der Waals surface area contributed by atoms with Gasteiger partial charge in [-0.15, -0.1) is 0 Å². The fourth-order valence-electron chi connectivity index (χ4n) is 1.91. The summed E-state index contributed by atoms with van der Waals surface area (Å²) in [6.45, 7) is 5.04. The molecule has 1 aliphatic heterocycles. The normalized spacial score (nSPS) is 24.6. The van der Waals surface area contributed by atoms with Crippen molar-refractivity contribution < 1.29 is 27.2 Å². The first kappa shape index (κ1) is 16.2. The molecule has 7 nitrogen and oxygen atoms in total. The molecule has 0 bridgehead atoms. The molecule has 0 radical (unpaired) electrons. The zero-order chi connectivity index (χ0) is 14.8. The van der Waals surface area contributed by atoms with Gasteiger partial charge in [-0.1, -0.05) is 0 Å². The first-order valence-corrected chi connectivity index (χ1v) is 7.82. The summed E-state index contributed by atoms with van der Waals surface area (Å²) >= 11 is 0. The predicted octanol–water partition coefficient (Wildman–Crippen LogP) is 0.333. The van der Waals surface area contributed by atoms with Gasteiger partial charge in [0, 0.05) is 0 Å². The Bertz CT molecular complexity index is 427. The number of rotatable bonds is 3. The highest BCUT2D eigenvalue weighted by Crippen LogP contribution is 2.23. The minimum Gasteiger partial charge on any atom is -0.444 e. The van der Waals surface area contributed by atoms with E-state index >= 15 is 0 Å². The molecule has 0 aromatic carbocycles. The van der Waals surface area contributed by atoms with Crippen molar-refractivity contribution >= 4 is 16.2 Å². The van der Waals surface area contributed by atoms with Crippen molar-refractivity contribution in [1.29, 1.82) is 0 Å². The largest absolute Gasteiger partial charge is 0.444 e. The first-order valence-electron chi connectivity index (χ1n) is 6.00. The minimum atomic E-state index is -3.58. The predicted molar refractivity (Wildman–Crippen MR) is 68.1 cm³/mol. The number of carbonyl (C=O) groups excluding carboxylic acids is 1. The number of amides is 1. The minimum absolute atomic E-state index is 0.0905. The van der Waals surface area contributed by atoms with Crippen LogP contribution in [0.25, 0.3) is 0 Å². The quantitative estimate of drug-likeness (QED) is 0.754. The van der Waals surface area contributed by atoms with Gasteiger partial charge in [0.15, 0.2) is 0 Å². The monoisotopic (exact) mass is 295 g/mol. The molecule has 1 N–H and O–H groups in total. The van der Waals surface area contributed by atoms with E-state index in [0.29, 0.717) is 0 Å². The van der Waals surface area contributed by atoms with Crippen LogP contribution in [-0.4, -0.2) is 61.7 Å². The number of aliphatic hydroxyl groups is 1. The van der Waals surface area contributed by atoms with Crippen molar-refractivity contribution in [2.24, 2.45) is 0 Å². The summed E-state index contributed by atoms with van der Waals surface area (Å²) < 4.78 is 32.2. The average molecular weight is 295 g/mol. The smallest absolute Gasteiger partial charge is 0.410 e. The van der Waals surface area contributed by atoms with Gasteiger partial charge in [0.1, 0.15) is 5.60 Å². The van der Waals surface area contributed by atoms with E-state index in [2.05, 4.69) is 0 Å². The van der Waals surface area contributed by atoms with Crippen LogP contribution in [0.5, 0.6) is 0 Å². The van der Waals surface area contributed by atoms with Gasteiger partial charge < -0.3 is 14.7 Å². The summed E-state index contributed by atoms with van der Waals surface area (Å²) in [5, 5.41) is 9.25. The second-order valence-electron chi connectivity index (χ2n) is 5.63. The lowest BCUT2D eigenvalue weighted by Gasteiger charge is -2.27. The molecule has 0 spiro atoms. The highest BCUT2D eigenvalue weighted by atomic mass is 32.2. The zero-order valence-electron chi connectivity index (χ0n) is 11.6. The van der Waals surface area contributed by atoms with Gasteiger partial charge in [-0.05, 0) is 27.2 Å². The van der Waals surface area contributed by atoms with Crippen LogP contribution < -0.4 is 0 Å². The third-order valence-electron chi connectivity index (χ3n) is 2.53. The number of aliphatic hydroxyl groups excluding tert-OH is 1. The molecule has 1 amide bonds. The molecule has 1 aliphatic rings. The Kier molecular flexibility index (Phi) is 4.81. The van der Waals surface area contributed by atoms with Gasteiger partial charge in [-0.3, -0.25) is 4.18 Å². The lowest BCUT2D eigenvalue weighted by atomic mass is 10.2. The van der Waals surface area contributed by atoms with Crippen LogP contribution in [0.15, 0.2) is 0 Å². The van der Waals surface area contributed by atoms with Gasteiger partial charge in [-0.25, -0.2) is 4.79 Å². The molecule has 1 saturated heterocycles. The lowest BCUT2D eigenvalue weighted by molar-refractivity contribution is 0.0166. The molecule has 112 valence electrons. The maximum atomic E-state index is 11.9. The summed E-state index contributed by atoms with van der Waals surface area (Å²) in [5.41, 5.74) is -0.646. The third-order valence-corrected chi connectivity index (χ3v) is 3.15. The second kappa shape index (κ2) is 5.64. The van der Waals surface area contributed by atoms with Crippen molar-refractivity contribution in [3.8, 4) is 0 Å². The zero-order valence-corrected chi connectivity index (χ0v) is 12.4. The number of carbonyl (C=O) groups is 1. The number of nitrogens with zero attached hydrogens (tertiary/aromatic N) is 1. The fourth-order valence-corrected chi connectivity index (χ4v) is 2.54. The fraction of sp³-hybridized carbons (Fsp3) is 0.909. The van der Waals surface area contributed by atoms with Crippen LogP contribution in [0.3, 0.4) is 0 Å². The Morgan fingerprint density at radius 1 is 1.42 bits per heavy atom. The van der Waals surface area contributed by atoms with E-state index in [4.69, 9.17) is 8.92 Å². The van der Waals surface area contributed by atoms with Crippen molar-refractivity contribution in [3.05, 3.63) is 0 Å². The van der Waals surface area contributed by atoms with Gasteiger partial charge in [0.2, 0.25) is 0 Å². The van der Waals surface area contributed by atoms with E-state index < -0.39 is 34.0 Å². The third kappa shape index (κ3) is 5.33.